The predicted octanol–water partition coefficient (Wildman–Crippen LogP) is 2.14. The smallest absolute Gasteiger partial charge is 0.317 e. The fourth-order valence-electron chi connectivity index (χ4n) is 2.56. The van der Waals surface area contributed by atoms with E-state index in [0.29, 0.717) is 25.4 Å². The molecule has 5 nitrogen and oxygen atoms in total. The molecule has 0 unspecified atom stereocenters. The third-order valence-electron chi connectivity index (χ3n) is 4.08. The van der Waals surface area contributed by atoms with Gasteiger partial charge in [0.1, 0.15) is 5.75 Å². The van der Waals surface area contributed by atoms with E-state index in [1.165, 1.54) is 0 Å². The molecule has 1 saturated heterocycles. The molecule has 0 aromatic heterocycles. The highest BCUT2D eigenvalue weighted by molar-refractivity contribution is 7.85. The number of ether oxygens (including phenoxy) is 1. The lowest BCUT2D eigenvalue weighted by Crippen LogP contribution is -2.55. The van der Waals surface area contributed by atoms with Crippen LogP contribution in [-0.2, 0) is 17.3 Å². The standard InChI is InChI=1S/C16H24N2O3S/c1-4-21-15-8-6-5-7-14(15)11-17-16(19)18-9-10-22(20)13(3)12(18)2/h5-8,12-13H,4,9-11H2,1-3H3,(H,17,19)/t12-,13-,22+/m0/s1. The number of urea groups is 1. The molecule has 22 heavy (non-hydrogen) atoms. The fourth-order valence-corrected chi connectivity index (χ4v) is 3.89. The van der Waals surface area contributed by atoms with Crippen LogP contribution >= 0.6 is 0 Å². The van der Waals surface area contributed by atoms with Crippen molar-refractivity contribution in [3.05, 3.63) is 29.8 Å². The maximum absolute atomic E-state index is 12.4. The van der Waals surface area contributed by atoms with Crippen molar-refractivity contribution in [1.29, 1.82) is 0 Å². The molecule has 0 aliphatic carbocycles. The molecular formula is C16H24N2O3S. The van der Waals surface area contributed by atoms with E-state index in [-0.39, 0.29) is 17.3 Å². The van der Waals surface area contributed by atoms with Gasteiger partial charge in [0.2, 0.25) is 0 Å². The Morgan fingerprint density at radius 1 is 1.41 bits per heavy atom. The molecule has 1 aliphatic heterocycles. The predicted molar refractivity (Wildman–Crippen MR) is 88.5 cm³/mol. The monoisotopic (exact) mass is 324 g/mol. The van der Waals surface area contributed by atoms with Crippen molar-refractivity contribution in [3.63, 3.8) is 0 Å². The average Bonchev–Trinajstić information content (AvgIpc) is 2.52. The van der Waals surface area contributed by atoms with Crippen molar-refractivity contribution >= 4 is 16.8 Å². The normalized spacial score (nSPS) is 24.9. The minimum absolute atomic E-state index is 0.00945. The highest BCUT2D eigenvalue weighted by Crippen LogP contribution is 2.19. The van der Waals surface area contributed by atoms with Crippen LogP contribution in [0.15, 0.2) is 24.3 Å². The molecular weight excluding hydrogens is 300 g/mol. The van der Waals surface area contributed by atoms with Gasteiger partial charge in [0.05, 0.1) is 11.9 Å². The van der Waals surface area contributed by atoms with E-state index in [2.05, 4.69) is 5.32 Å². The molecule has 0 saturated carbocycles. The third kappa shape index (κ3) is 3.80. The van der Waals surface area contributed by atoms with Crippen LogP contribution in [0.5, 0.6) is 5.75 Å². The van der Waals surface area contributed by atoms with Gasteiger partial charge in [-0.15, -0.1) is 0 Å². The quantitative estimate of drug-likeness (QED) is 0.923. The van der Waals surface area contributed by atoms with Gasteiger partial charge in [0, 0.05) is 41.2 Å². The first-order valence-electron chi connectivity index (χ1n) is 7.67. The number of para-hydroxylation sites is 1. The van der Waals surface area contributed by atoms with Crippen molar-refractivity contribution in [2.45, 2.75) is 38.6 Å². The van der Waals surface area contributed by atoms with E-state index in [9.17, 15) is 9.00 Å². The Bertz CT molecular complexity index is 550. The van der Waals surface area contributed by atoms with Crippen molar-refractivity contribution in [3.8, 4) is 5.75 Å². The van der Waals surface area contributed by atoms with Gasteiger partial charge in [0.15, 0.2) is 0 Å². The molecule has 6 heteroatoms. The van der Waals surface area contributed by atoms with Crippen LogP contribution < -0.4 is 10.1 Å². The van der Waals surface area contributed by atoms with Gasteiger partial charge in [-0.1, -0.05) is 18.2 Å². The molecule has 1 aliphatic rings. The number of benzene rings is 1. The lowest BCUT2D eigenvalue weighted by molar-refractivity contribution is 0.179. The van der Waals surface area contributed by atoms with Gasteiger partial charge in [-0.2, -0.15) is 0 Å². The number of carbonyl (C=O) groups is 1. The molecule has 1 fully saturated rings. The second-order valence-corrected chi connectivity index (χ2v) is 7.34. The molecule has 2 amide bonds. The zero-order chi connectivity index (χ0) is 16.1. The van der Waals surface area contributed by atoms with Crippen LogP contribution in [0.1, 0.15) is 26.3 Å². The second-order valence-electron chi connectivity index (χ2n) is 5.42. The molecule has 1 heterocycles. The number of amides is 2. The highest BCUT2D eigenvalue weighted by Gasteiger charge is 2.32. The number of rotatable bonds is 4. The first kappa shape index (κ1) is 16.8. The summed E-state index contributed by atoms with van der Waals surface area (Å²) in [5.74, 6) is 1.35. The van der Waals surface area contributed by atoms with Gasteiger partial charge in [-0.05, 0) is 26.8 Å². The number of carbonyl (C=O) groups excluding carboxylic acids is 1. The van der Waals surface area contributed by atoms with Crippen LogP contribution in [0.3, 0.4) is 0 Å². The minimum Gasteiger partial charge on any atom is -0.494 e. The minimum atomic E-state index is -0.840. The third-order valence-corrected chi connectivity index (χ3v) is 5.89. The van der Waals surface area contributed by atoms with Gasteiger partial charge < -0.3 is 15.0 Å². The van der Waals surface area contributed by atoms with Crippen LogP contribution in [0.25, 0.3) is 0 Å². The molecule has 3 atom stereocenters. The maximum atomic E-state index is 12.4. The Labute approximate surface area is 134 Å². The zero-order valence-electron chi connectivity index (χ0n) is 13.4. The van der Waals surface area contributed by atoms with E-state index in [0.717, 1.165) is 11.3 Å². The Kier molecular flexibility index (Phi) is 5.83. The summed E-state index contributed by atoms with van der Waals surface area (Å²) in [5, 5.41) is 2.95. The molecule has 1 aromatic carbocycles. The Hall–Kier alpha value is -1.56. The summed E-state index contributed by atoms with van der Waals surface area (Å²) in [4.78, 5) is 14.2. The largest absolute Gasteiger partial charge is 0.494 e. The number of nitrogens with one attached hydrogen (secondary N) is 1. The second kappa shape index (κ2) is 7.63. The molecule has 2 rings (SSSR count). The summed E-state index contributed by atoms with van der Waals surface area (Å²) in [6, 6.07) is 7.57. The summed E-state index contributed by atoms with van der Waals surface area (Å²) in [5.41, 5.74) is 0.957. The highest BCUT2D eigenvalue weighted by atomic mass is 32.2. The van der Waals surface area contributed by atoms with Crippen LogP contribution in [-0.4, -0.2) is 45.3 Å². The van der Waals surface area contributed by atoms with Crippen molar-refractivity contribution in [2.75, 3.05) is 18.9 Å². The Morgan fingerprint density at radius 2 is 2.14 bits per heavy atom. The summed E-state index contributed by atoms with van der Waals surface area (Å²) >= 11 is 0. The van der Waals surface area contributed by atoms with E-state index < -0.39 is 10.8 Å². The molecule has 0 spiro atoms. The molecule has 1 N–H and O–H groups in total. The number of hydrogen-bond donors (Lipinski definition) is 1. The van der Waals surface area contributed by atoms with Gasteiger partial charge in [-0.3, -0.25) is 4.21 Å². The van der Waals surface area contributed by atoms with Gasteiger partial charge >= 0.3 is 6.03 Å². The average molecular weight is 324 g/mol. The maximum Gasteiger partial charge on any atom is 0.317 e. The molecule has 0 radical (unpaired) electrons. The fraction of sp³-hybridized carbons (Fsp3) is 0.562. The van der Waals surface area contributed by atoms with Crippen LogP contribution in [0, 0.1) is 0 Å². The SMILES string of the molecule is CCOc1ccccc1CNC(=O)N1CC[S@@](=O)[C@@H](C)[C@@H]1C. The molecule has 122 valence electrons. The first-order valence-corrected chi connectivity index (χ1v) is 9.05. The molecule has 0 bridgehead atoms. The summed E-state index contributed by atoms with van der Waals surface area (Å²) in [6.07, 6.45) is 0. The lowest BCUT2D eigenvalue weighted by atomic mass is 10.2. The first-order chi connectivity index (χ1) is 10.5. The summed E-state index contributed by atoms with van der Waals surface area (Å²) < 4.78 is 17.4. The van der Waals surface area contributed by atoms with E-state index >= 15 is 0 Å². The van der Waals surface area contributed by atoms with Crippen molar-refractivity contribution < 1.29 is 13.7 Å². The van der Waals surface area contributed by atoms with E-state index in [4.69, 9.17) is 4.74 Å². The van der Waals surface area contributed by atoms with Crippen molar-refractivity contribution in [1.82, 2.24) is 10.2 Å². The van der Waals surface area contributed by atoms with Crippen LogP contribution in [0.4, 0.5) is 4.79 Å². The van der Waals surface area contributed by atoms with E-state index in [1.807, 2.05) is 45.0 Å². The van der Waals surface area contributed by atoms with Gasteiger partial charge in [0.25, 0.3) is 0 Å². The number of nitrogens with zero attached hydrogens (tertiary/aromatic N) is 1. The van der Waals surface area contributed by atoms with Crippen LogP contribution in [0.2, 0.25) is 0 Å². The molecule has 1 aromatic rings. The van der Waals surface area contributed by atoms with Crippen molar-refractivity contribution in [2.24, 2.45) is 0 Å². The summed E-state index contributed by atoms with van der Waals surface area (Å²) in [7, 11) is -0.840. The Morgan fingerprint density at radius 3 is 2.86 bits per heavy atom. The van der Waals surface area contributed by atoms with E-state index in [1.54, 1.807) is 4.90 Å². The topological polar surface area (TPSA) is 58.6 Å². The summed E-state index contributed by atoms with van der Waals surface area (Å²) in [6.45, 7) is 7.39. The zero-order valence-corrected chi connectivity index (χ0v) is 14.2. The number of hydrogen-bond acceptors (Lipinski definition) is 3. The van der Waals surface area contributed by atoms with Gasteiger partial charge in [-0.25, -0.2) is 4.79 Å². The Balaban J connectivity index is 1.97. The lowest BCUT2D eigenvalue weighted by Gasteiger charge is -2.37.